The molecule has 1 aromatic carbocycles. The highest BCUT2D eigenvalue weighted by Gasteiger charge is 2.41. The molecule has 1 aromatic rings. The van der Waals surface area contributed by atoms with Gasteiger partial charge in [0.15, 0.2) is 0 Å². The summed E-state index contributed by atoms with van der Waals surface area (Å²) in [5, 5.41) is 14.6. The van der Waals surface area contributed by atoms with Crippen molar-refractivity contribution in [3.8, 4) is 0 Å². The van der Waals surface area contributed by atoms with E-state index >= 15 is 0 Å². The molecule has 5 nitrogen and oxygen atoms in total. The Morgan fingerprint density at radius 1 is 1.38 bits per heavy atom. The highest BCUT2D eigenvalue weighted by molar-refractivity contribution is 14.1. The molecule has 6 heteroatoms. The third-order valence-corrected chi connectivity index (χ3v) is 4.49. The minimum absolute atomic E-state index is 0.103. The monoisotopic (exact) mass is 402 g/mol. The summed E-state index contributed by atoms with van der Waals surface area (Å²) in [6.45, 7) is 2.80. The number of halogens is 1. The second kappa shape index (κ2) is 6.64. The van der Waals surface area contributed by atoms with Crippen LogP contribution in [0.1, 0.15) is 43.0 Å². The molecule has 0 spiro atoms. The van der Waals surface area contributed by atoms with Gasteiger partial charge in [0.25, 0.3) is 0 Å². The van der Waals surface area contributed by atoms with Gasteiger partial charge < -0.3 is 15.7 Å². The quantitative estimate of drug-likeness (QED) is 0.636. The Bertz CT molecular complexity index is 556. The minimum Gasteiger partial charge on any atom is -0.478 e. The van der Waals surface area contributed by atoms with Crippen molar-refractivity contribution in [2.45, 2.75) is 32.6 Å². The number of hydrogen-bond acceptors (Lipinski definition) is 2. The Balaban J connectivity index is 1.95. The van der Waals surface area contributed by atoms with E-state index in [9.17, 15) is 9.59 Å². The number of carbonyl (C=O) groups excluding carboxylic acids is 1. The first-order chi connectivity index (χ1) is 9.96. The van der Waals surface area contributed by atoms with Crippen LogP contribution in [-0.4, -0.2) is 23.7 Å². The lowest BCUT2D eigenvalue weighted by atomic mass is 10.0. The van der Waals surface area contributed by atoms with Gasteiger partial charge >= 0.3 is 12.0 Å². The average molecular weight is 402 g/mol. The first kappa shape index (κ1) is 16.1. The molecule has 2 amide bonds. The molecule has 0 heterocycles. The predicted octanol–water partition coefficient (Wildman–Crippen LogP) is 3.69. The van der Waals surface area contributed by atoms with Crippen LogP contribution in [0, 0.1) is 8.99 Å². The molecule has 0 aromatic heterocycles. The lowest BCUT2D eigenvalue weighted by molar-refractivity contribution is 0.0698. The first-order valence-corrected chi connectivity index (χ1v) is 8.11. The number of hydrogen-bond donors (Lipinski definition) is 3. The SMILES string of the molecule is CCCC1(CNC(=O)Nc2ccc(I)cc2C(=O)O)CC1. The van der Waals surface area contributed by atoms with Crippen LogP contribution >= 0.6 is 22.6 Å². The van der Waals surface area contributed by atoms with Gasteiger partial charge in [-0.2, -0.15) is 0 Å². The molecule has 0 atom stereocenters. The van der Waals surface area contributed by atoms with Crippen molar-refractivity contribution in [1.29, 1.82) is 0 Å². The molecule has 0 bridgehead atoms. The van der Waals surface area contributed by atoms with Crippen LogP contribution in [0.3, 0.4) is 0 Å². The summed E-state index contributed by atoms with van der Waals surface area (Å²) >= 11 is 2.04. The van der Waals surface area contributed by atoms with Crippen LogP contribution in [0.15, 0.2) is 18.2 Å². The van der Waals surface area contributed by atoms with E-state index in [4.69, 9.17) is 5.11 Å². The second-order valence-electron chi connectivity index (χ2n) is 5.55. The minimum atomic E-state index is -1.05. The Hall–Kier alpha value is -1.31. The summed E-state index contributed by atoms with van der Waals surface area (Å²) in [4.78, 5) is 23.1. The molecule has 114 valence electrons. The lowest BCUT2D eigenvalue weighted by Gasteiger charge is -2.16. The molecule has 1 fully saturated rings. The molecule has 0 saturated heterocycles. The fourth-order valence-electron chi connectivity index (χ4n) is 2.46. The molecule has 0 unspecified atom stereocenters. The van der Waals surface area contributed by atoms with E-state index in [1.165, 1.54) is 6.07 Å². The number of carbonyl (C=O) groups is 2. The van der Waals surface area contributed by atoms with Crippen molar-refractivity contribution in [2.75, 3.05) is 11.9 Å². The van der Waals surface area contributed by atoms with E-state index in [-0.39, 0.29) is 17.0 Å². The van der Waals surface area contributed by atoms with E-state index < -0.39 is 5.97 Å². The van der Waals surface area contributed by atoms with Gasteiger partial charge in [-0.15, -0.1) is 0 Å². The third kappa shape index (κ3) is 4.33. The maximum atomic E-state index is 11.9. The molecule has 3 N–H and O–H groups in total. The van der Waals surface area contributed by atoms with Crippen LogP contribution in [0.25, 0.3) is 0 Å². The van der Waals surface area contributed by atoms with Crippen molar-refractivity contribution in [1.82, 2.24) is 5.32 Å². The summed E-state index contributed by atoms with van der Waals surface area (Å²) < 4.78 is 0.816. The smallest absolute Gasteiger partial charge is 0.337 e. The van der Waals surface area contributed by atoms with Gasteiger partial charge in [0.2, 0.25) is 0 Å². The standard InChI is InChI=1S/C15H19IN2O3/c1-2-5-15(6-7-15)9-17-14(21)18-12-4-3-10(16)8-11(12)13(19)20/h3-4,8H,2,5-7,9H2,1H3,(H,19,20)(H2,17,18,21). The van der Waals surface area contributed by atoms with Crippen LogP contribution in [-0.2, 0) is 0 Å². The van der Waals surface area contributed by atoms with Crippen molar-refractivity contribution in [3.05, 3.63) is 27.3 Å². The summed E-state index contributed by atoms with van der Waals surface area (Å²) in [5.74, 6) is -1.05. The fraction of sp³-hybridized carbons (Fsp3) is 0.467. The van der Waals surface area contributed by atoms with E-state index in [0.29, 0.717) is 12.2 Å². The molecule has 0 aliphatic heterocycles. The topological polar surface area (TPSA) is 78.4 Å². The number of nitrogens with one attached hydrogen (secondary N) is 2. The number of benzene rings is 1. The van der Waals surface area contributed by atoms with Gasteiger partial charge in [-0.3, -0.25) is 0 Å². The first-order valence-electron chi connectivity index (χ1n) is 7.03. The maximum Gasteiger partial charge on any atom is 0.337 e. The Morgan fingerprint density at radius 3 is 2.67 bits per heavy atom. The van der Waals surface area contributed by atoms with Crippen LogP contribution < -0.4 is 10.6 Å². The number of amides is 2. The molecular weight excluding hydrogens is 383 g/mol. The van der Waals surface area contributed by atoms with Crippen molar-refractivity contribution < 1.29 is 14.7 Å². The molecule has 21 heavy (non-hydrogen) atoms. The third-order valence-electron chi connectivity index (χ3n) is 3.82. The molecule has 1 aliphatic rings. The summed E-state index contributed by atoms with van der Waals surface area (Å²) in [7, 11) is 0. The Morgan fingerprint density at radius 2 is 2.10 bits per heavy atom. The number of aromatic carboxylic acids is 1. The van der Waals surface area contributed by atoms with Crippen molar-refractivity contribution in [2.24, 2.45) is 5.41 Å². The number of rotatable bonds is 6. The Labute approximate surface area is 137 Å². The zero-order chi connectivity index (χ0) is 15.5. The predicted molar refractivity (Wildman–Crippen MR) is 89.7 cm³/mol. The number of carboxylic acids is 1. The zero-order valence-corrected chi connectivity index (χ0v) is 14.1. The van der Waals surface area contributed by atoms with Crippen molar-refractivity contribution in [3.63, 3.8) is 0 Å². The van der Waals surface area contributed by atoms with E-state index in [0.717, 1.165) is 29.3 Å². The van der Waals surface area contributed by atoms with Gasteiger partial charge in [-0.25, -0.2) is 9.59 Å². The van der Waals surface area contributed by atoms with Crippen LogP contribution in [0.4, 0.5) is 10.5 Å². The highest BCUT2D eigenvalue weighted by atomic mass is 127. The van der Waals surface area contributed by atoms with Gasteiger partial charge in [0.1, 0.15) is 0 Å². The van der Waals surface area contributed by atoms with Gasteiger partial charge in [0.05, 0.1) is 11.3 Å². The molecular formula is C15H19IN2O3. The molecule has 0 radical (unpaired) electrons. The lowest BCUT2D eigenvalue weighted by Crippen LogP contribution is -2.34. The van der Waals surface area contributed by atoms with Crippen LogP contribution in [0.2, 0.25) is 0 Å². The second-order valence-corrected chi connectivity index (χ2v) is 6.80. The Kier molecular flexibility index (Phi) is 5.08. The summed E-state index contributed by atoms with van der Waals surface area (Å²) in [6, 6.07) is 4.57. The number of urea groups is 1. The molecule has 1 saturated carbocycles. The largest absolute Gasteiger partial charge is 0.478 e. The van der Waals surface area contributed by atoms with Gasteiger partial charge in [-0.1, -0.05) is 13.3 Å². The normalized spacial score (nSPS) is 15.3. The highest BCUT2D eigenvalue weighted by Crippen LogP contribution is 2.48. The van der Waals surface area contributed by atoms with Gasteiger partial charge in [0, 0.05) is 10.1 Å². The average Bonchev–Trinajstić information content (AvgIpc) is 3.19. The van der Waals surface area contributed by atoms with Crippen molar-refractivity contribution >= 4 is 40.3 Å². The molecule has 2 rings (SSSR count). The van der Waals surface area contributed by atoms with E-state index in [1.54, 1.807) is 12.1 Å². The zero-order valence-electron chi connectivity index (χ0n) is 11.9. The number of anilines is 1. The van der Waals surface area contributed by atoms with Crippen LogP contribution in [0.5, 0.6) is 0 Å². The summed E-state index contributed by atoms with van der Waals surface area (Å²) in [5.41, 5.74) is 0.695. The van der Waals surface area contributed by atoms with E-state index in [1.807, 2.05) is 22.6 Å². The number of carboxylic acid groups (broad SMARTS) is 1. The summed E-state index contributed by atoms with van der Waals surface area (Å²) in [6.07, 6.45) is 4.55. The molecule has 1 aliphatic carbocycles. The maximum absolute atomic E-state index is 11.9. The van der Waals surface area contributed by atoms with Gasteiger partial charge in [-0.05, 0) is 65.5 Å². The van der Waals surface area contributed by atoms with E-state index in [2.05, 4.69) is 17.6 Å². The fourth-order valence-corrected chi connectivity index (χ4v) is 2.95.